The average Bonchev–Trinajstić information content (AvgIpc) is 2.53. The standard InChI is InChI=1S/C16H19N3O.2ClH/c1-12(15(17)14-5-3-2-4-6-14)16(20)19-11-13-7-9-18-10-8-13;;/h2-10,12,15H,11,17H2,1H3,(H,19,20);2*1H. The number of hydrogen-bond acceptors (Lipinski definition) is 3. The number of aromatic nitrogens is 1. The van der Waals surface area contributed by atoms with Crippen molar-refractivity contribution in [1.29, 1.82) is 0 Å². The Bertz CT molecular complexity index is 552. The van der Waals surface area contributed by atoms with Gasteiger partial charge in [0.05, 0.1) is 5.92 Å². The van der Waals surface area contributed by atoms with E-state index in [1.165, 1.54) is 0 Å². The van der Waals surface area contributed by atoms with Gasteiger partial charge in [-0.3, -0.25) is 9.78 Å². The smallest absolute Gasteiger partial charge is 0.225 e. The normalized spacial score (nSPS) is 12.3. The first-order chi connectivity index (χ1) is 9.68. The van der Waals surface area contributed by atoms with Gasteiger partial charge in [-0.05, 0) is 23.3 Å². The Morgan fingerprint density at radius 3 is 2.32 bits per heavy atom. The number of nitrogens with zero attached hydrogens (tertiary/aromatic N) is 1. The Morgan fingerprint density at radius 1 is 1.14 bits per heavy atom. The molecule has 120 valence electrons. The van der Waals surface area contributed by atoms with E-state index in [-0.39, 0.29) is 42.7 Å². The van der Waals surface area contributed by atoms with E-state index in [2.05, 4.69) is 10.3 Å². The van der Waals surface area contributed by atoms with Gasteiger partial charge in [0.25, 0.3) is 0 Å². The monoisotopic (exact) mass is 341 g/mol. The quantitative estimate of drug-likeness (QED) is 0.878. The molecule has 1 aromatic heterocycles. The molecule has 0 saturated heterocycles. The van der Waals surface area contributed by atoms with E-state index in [9.17, 15) is 4.79 Å². The lowest BCUT2D eigenvalue weighted by Gasteiger charge is -2.19. The Kier molecular flexibility index (Phi) is 9.42. The molecule has 0 saturated carbocycles. The third-order valence-electron chi connectivity index (χ3n) is 3.35. The van der Waals surface area contributed by atoms with E-state index in [1.807, 2.05) is 49.4 Å². The number of rotatable bonds is 5. The molecule has 2 rings (SSSR count). The second-order valence-electron chi connectivity index (χ2n) is 4.80. The van der Waals surface area contributed by atoms with Crippen LogP contribution in [-0.2, 0) is 11.3 Å². The summed E-state index contributed by atoms with van der Waals surface area (Å²) in [6.07, 6.45) is 3.42. The fraction of sp³-hybridized carbons (Fsp3) is 0.250. The second kappa shape index (κ2) is 10.2. The van der Waals surface area contributed by atoms with Gasteiger partial charge < -0.3 is 11.1 Å². The van der Waals surface area contributed by atoms with Crippen LogP contribution < -0.4 is 11.1 Å². The molecule has 0 aliphatic heterocycles. The fourth-order valence-corrected chi connectivity index (χ4v) is 1.98. The van der Waals surface area contributed by atoms with E-state index < -0.39 is 0 Å². The van der Waals surface area contributed by atoms with Crippen molar-refractivity contribution in [3.05, 3.63) is 66.0 Å². The van der Waals surface area contributed by atoms with Crippen LogP contribution in [0.15, 0.2) is 54.9 Å². The highest BCUT2D eigenvalue weighted by molar-refractivity contribution is 5.85. The van der Waals surface area contributed by atoms with Crippen molar-refractivity contribution in [3.8, 4) is 0 Å². The Balaban J connectivity index is 0.00000220. The third-order valence-corrected chi connectivity index (χ3v) is 3.35. The van der Waals surface area contributed by atoms with Gasteiger partial charge in [-0.25, -0.2) is 0 Å². The van der Waals surface area contributed by atoms with E-state index in [4.69, 9.17) is 5.73 Å². The molecule has 2 unspecified atom stereocenters. The Hall–Kier alpha value is -1.62. The zero-order valence-corrected chi connectivity index (χ0v) is 13.9. The fourth-order valence-electron chi connectivity index (χ4n) is 1.98. The average molecular weight is 342 g/mol. The summed E-state index contributed by atoms with van der Waals surface area (Å²) in [4.78, 5) is 16.1. The van der Waals surface area contributed by atoms with Crippen molar-refractivity contribution in [2.24, 2.45) is 11.7 Å². The van der Waals surface area contributed by atoms with Crippen LogP contribution in [0.2, 0.25) is 0 Å². The molecule has 1 amide bonds. The van der Waals surface area contributed by atoms with Gasteiger partial charge in [0.15, 0.2) is 0 Å². The molecule has 0 radical (unpaired) electrons. The van der Waals surface area contributed by atoms with E-state index in [0.717, 1.165) is 11.1 Å². The van der Waals surface area contributed by atoms with Gasteiger partial charge in [-0.15, -0.1) is 24.8 Å². The van der Waals surface area contributed by atoms with E-state index in [0.29, 0.717) is 6.54 Å². The van der Waals surface area contributed by atoms with Gasteiger partial charge in [0.1, 0.15) is 0 Å². The molecule has 0 aliphatic rings. The first-order valence-electron chi connectivity index (χ1n) is 6.65. The number of carbonyl (C=O) groups excluding carboxylic acids is 1. The van der Waals surface area contributed by atoms with Crippen LogP contribution in [0.25, 0.3) is 0 Å². The minimum absolute atomic E-state index is 0. The minimum atomic E-state index is -0.298. The number of hydrogen-bond donors (Lipinski definition) is 2. The summed E-state index contributed by atoms with van der Waals surface area (Å²) in [5.41, 5.74) is 8.13. The van der Waals surface area contributed by atoms with Crippen LogP contribution in [0, 0.1) is 5.92 Å². The zero-order chi connectivity index (χ0) is 14.4. The molecule has 3 N–H and O–H groups in total. The van der Waals surface area contributed by atoms with Crippen LogP contribution in [0.3, 0.4) is 0 Å². The molecule has 2 aromatic rings. The molecule has 4 nitrogen and oxygen atoms in total. The maximum atomic E-state index is 12.1. The highest BCUT2D eigenvalue weighted by atomic mass is 35.5. The number of nitrogens with one attached hydrogen (secondary N) is 1. The number of amides is 1. The van der Waals surface area contributed by atoms with Crippen LogP contribution in [-0.4, -0.2) is 10.9 Å². The van der Waals surface area contributed by atoms with E-state index in [1.54, 1.807) is 12.4 Å². The summed E-state index contributed by atoms with van der Waals surface area (Å²) >= 11 is 0. The van der Waals surface area contributed by atoms with Crippen molar-refractivity contribution >= 4 is 30.7 Å². The molecule has 0 spiro atoms. The highest BCUT2D eigenvalue weighted by Gasteiger charge is 2.21. The number of nitrogens with two attached hydrogens (primary N) is 1. The van der Waals surface area contributed by atoms with Crippen molar-refractivity contribution in [3.63, 3.8) is 0 Å². The number of pyridine rings is 1. The van der Waals surface area contributed by atoms with Crippen LogP contribution in [0.4, 0.5) is 0 Å². The van der Waals surface area contributed by atoms with Crippen LogP contribution in [0.5, 0.6) is 0 Å². The van der Waals surface area contributed by atoms with Gasteiger partial charge in [0.2, 0.25) is 5.91 Å². The highest BCUT2D eigenvalue weighted by Crippen LogP contribution is 2.19. The minimum Gasteiger partial charge on any atom is -0.352 e. The molecule has 0 fully saturated rings. The lowest BCUT2D eigenvalue weighted by Crippen LogP contribution is -2.35. The first-order valence-corrected chi connectivity index (χ1v) is 6.65. The molecular weight excluding hydrogens is 321 g/mol. The van der Waals surface area contributed by atoms with Crippen molar-refractivity contribution < 1.29 is 4.79 Å². The number of benzene rings is 1. The van der Waals surface area contributed by atoms with Crippen molar-refractivity contribution in [2.75, 3.05) is 0 Å². The SMILES string of the molecule is CC(C(=O)NCc1ccncc1)C(N)c1ccccc1.Cl.Cl. The van der Waals surface area contributed by atoms with Crippen molar-refractivity contribution in [1.82, 2.24) is 10.3 Å². The maximum absolute atomic E-state index is 12.1. The zero-order valence-electron chi connectivity index (χ0n) is 12.3. The Labute approximate surface area is 143 Å². The third kappa shape index (κ3) is 5.64. The van der Waals surface area contributed by atoms with Gasteiger partial charge in [-0.2, -0.15) is 0 Å². The molecule has 0 aliphatic carbocycles. The summed E-state index contributed by atoms with van der Waals surface area (Å²) in [7, 11) is 0. The van der Waals surface area contributed by atoms with Gasteiger partial charge >= 0.3 is 0 Å². The number of halogens is 2. The molecule has 22 heavy (non-hydrogen) atoms. The Morgan fingerprint density at radius 2 is 1.73 bits per heavy atom. The molecule has 1 heterocycles. The summed E-state index contributed by atoms with van der Waals surface area (Å²) in [6, 6.07) is 13.1. The molecule has 0 bridgehead atoms. The van der Waals surface area contributed by atoms with Crippen molar-refractivity contribution in [2.45, 2.75) is 19.5 Å². The summed E-state index contributed by atoms with van der Waals surface area (Å²) in [6.45, 7) is 2.34. The largest absolute Gasteiger partial charge is 0.352 e. The number of carbonyl (C=O) groups is 1. The molecule has 2 atom stereocenters. The molecule has 6 heteroatoms. The van der Waals surface area contributed by atoms with Crippen LogP contribution >= 0.6 is 24.8 Å². The van der Waals surface area contributed by atoms with E-state index >= 15 is 0 Å². The predicted molar refractivity (Wildman–Crippen MR) is 93.1 cm³/mol. The van der Waals surface area contributed by atoms with Crippen LogP contribution in [0.1, 0.15) is 24.1 Å². The van der Waals surface area contributed by atoms with Gasteiger partial charge in [-0.1, -0.05) is 37.3 Å². The maximum Gasteiger partial charge on any atom is 0.225 e. The second-order valence-corrected chi connectivity index (χ2v) is 4.80. The summed E-state index contributed by atoms with van der Waals surface area (Å²) in [5.74, 6) is -0.322. The topological polar surface area (TPSA) is 68.0 Å². The first kappa shape index (κ1) is 20.4. The lowest BCUT2D eigenvalue weighted by molar-refractivity contribution is -0.125. The molecular formula is C16H21Cl2N3O. The van der Waals surface area contributed by atoms with Gasteiger partial charge in [0, 0.05) is 25.0 Å². The lowest BCUT2D eigenvalue weighted by atomic mass is 9.94. The predicted octanol–water partition coefficient (Wildman–Crippen LogP) is 2.88. The summed E-state index contributed by atoms with van der Waals surface area (Å²) in [5, 5.41) is 2.90. The summed E-state index contributed by atoms with van der Waals surface area (Å²) < 4.78 is 0. The molecule has 1 aromatic carbocycles.